The molecule has 0 atom stereocenters. The molecule has 1 heterocycles. The molecule has 1 aromatic carbocycles. The zero-order valence-corrected chi connectivity index (χ0v) is 9.72. The van der Waals surface area contributed by atoms with Gasteiger partial charge in [0.2, 0.25) is 0 Å². The van der Waals surface area contributed by atoms with Gasteiger partial charge in [-0.25, -0.2) is 4.98 Å². The Morgan fingerprint density at radius 3 is 2.88 bits per heavy atom. The van der Waals surface area contributed by atoms with Crippen molar-refractivity contribution in [1.29, 1.82) is 0 Å². The molecular formula is C12H14ClN3. The molecule has 1 saturated carbocycles. The number of hydrogen-bond donors (Lipinski definition) is 2. The molecule has 3 rings (SSSR count). The summed E-state index contributed by atoms with van der Waals surface area (Å²) < 4.78 is 0. The molecule has 0 bridgehead atoms. The summed E-state index contributed by atoms with van der Waals surface area (Å²) in [5, 5.41) is 0.734. The van der Waals surface area contributed by atoms with E-state index in [2.05, 4.69) is 9.97 Å². The summed E-state index contributed by atoms with van der Waals surface area (Å²) in [6, 6.07) is 5.72. The summed E-state index contributed by atoms with van der Waals surface area (Å²) >= 11 is 5.95. The van der Waals surface area contributed by atoms with Crippen LogP contribution in [0.3, 0.4) is 0 Å². The van der Waals surface area contributed by atoms with Gasteiger partial charge in [0.15, 0.2) is 0 Å². The topological polar surface area (TPSA) is 54.7 Å². The molecule has 0 amide bonds. The normalized spacial score (nSPS) is 18.6. The number of benzene rings is 1. The minimum atomic E-state index is 0.0888. The molecule has 84 valence electrons. The first kappa shape index (κ1) is 10.1. The monoisotopic (exact) mass is 235 g/mol. The third-order valence-corrected chi connectivity index (χ3v) is 3.88. The highest BCUT2D eigenvalue weighted by molar-refractivity contribution is 6.31. The van der Waals surface area contributed by atoms with Gasteiger partial charge in [0.25, 0.3) is 0 Å². The average molecular weight is 236 g/mol. The SMILES string of the molecule is NCC1(c2nc3ccc(Cl)cc3[nH]2)CCC1. The van der Waals surface area contributed by atoms with E-state index in [1.807, 2.05) is 18.2 Å². The maximum Gasteiger partial charge on any atom is 0.114 e. The fourth-order valence-corrected chi connectivity index (χ4v) is 2.55. The van der Waals surface area contributed by atoms with E-state index < -0.39 is 0 Å². The van der Waals surface area contributed by atoms with Crippen LogP contribution in [0.4, 0.5) is 0 Å². The van der Waals surface area contributed by atoms with E-state index in [-0.39, 0.29) is 5.41 Å². The van der Waals surface area contributed by atoms with Crippen molar-refractivity contribution in [3.05, 3.63) is 29.0 Å². The number of aromatic amines is 1. The van der Waals surface area contributed by atoms with Crippen molar-refractivity contribution in [3.8, 4) is 0 Å². The molecular weight excluding hydrogens is 222 g/mol. The highest BCUT2D eigenvalue weighted by atomic mass is 35.5. The smallest absolute Gasteiger partial charge is 0.114 e. The van der Waals surface area contributed by atoms with E-state index in [1.54, 1.807) is 0 Å². The third kappa shape index (κ3) is 1.35. The van der Waals surface area contributed by atoms with Crippen LogP contribution < -0.4 is 5.73 Å². The summed E-state index contributed by atoms with van der Waals surface area (Å²) in [4.78, 5) is 7.98. The van der Waals surface area contributed by atoms with Gasteiger partial charge in [0, 0.05) is 17.0 Å². The number of halogens is 1. The van der Waals surface area contributed by atoms with E-state index in [1.165, 1.54) is 6.42 Å². The maximum absolute atomic E-state index is 5.95. The predicted octanol–water partition coefficient (Wildman–Crippen LogP) is 2.60. The van der Waals surface area contributed by atoms with Gasteiger partial charge >= 0.3 is 0 Å². The van der Waals surface area contributed by atoms with Gasteiger partial charge in [-0.3, -0.25) is 0 Å². The number of rotatable bonds is 2. The molecule has 0 unspecified atom stereocenters. The zero-order chi connectivity index (χ0) is 11.2. The molecule has 1 aliphatic carbocycles. The summed E-state index contributed by atoms with van der Waals surface area (Å²) in [6.45, 7) is 0.667. The molecule has 1 aromatic heterocycles. The Morgan fingerprint density at radius 2 is 2.25 bits per heavy atom. The van der Waals surface area contributed by atoms with Crippen LogP contribution in [0.2, 0.25) is 5.02 Å². The van der Waals surface area contributed by atoms with Gasteiger partial charge in [-0.15, -0.1) is 0 Å². The Bertz CT molecular complexity index is 523. The van der Waals surface area contributed by atoms with E-state index >= 15 is 0 Å². The molecule has 4 heteroatoms. The molecule has 16 heavy (non-hydrogen) atoms. The van der Waals surface area contributed by atoms with Crippen molar-refractivity contribution in [2.24, 2.45) is 5.73 Å². The van der Waals surface area contributed by atoms with Crippen LogP contribution in [-0.4, -0.2) is 16.5 Å². The fraction of sp³-hybridized carbons (Fsp3) is 0.417. The molecule has 0 spiro atoms. The molecule has 1 fully saturated rings. The number of nitrogens with two attached hydrogens (primary N) is 1. The first-order valence-corrected chi connectivity index (χ1v) is 5.97. The van der Waals surface area contributed by atoms with Crippen molar-refractivity contribution in [2.45, 2.75) is 24.7 Å². The van der Waals surface area contributed by atoms with E-state index in [0.29, 0.717) is 6.54 Å². The van der Waals surface area contributed by atoms with Crippen molar-refractivity contribution >= 4 is 22.6 Å². The van der Waals surface area contributed by atoms with Crippen molar-refractivity contribution in [2.75, 3.05) is 6.54 Å². The Labute approximate surface area is 99.0 Å². The Hall–Kier alpha value is -1.06. The van der Waals surface area contributed by atoms with Gasteiger partial charge in [0.05, 0.1) is 11.0 Å². The molecule has 3 nitrogen and oxygen atoms in total. The van der Waals surface area contributed by atoms with E-state index in [4.69, 9.17) is 17.3 Å². The van der Waals surface area contributed by atoms with Crippen LogP contribution in [-0.2, 0) is 5.41 Å². The average Bonchev–Trinajstić information content (AvgIpc) is 2.60. The predicted molar refractivity (Wildman–Crippen MR) is 65.7 cm³/mol. The van der Waals surface area contributed by atoms with Crippen LogP contribution in [0.1, 0.15) is 25.1 Å². The standard InChI is InChI=1S/C12H14ClN3/c13-8-2-3-9-10(6-8)16-11(15-9)12(7-14)4-1-5-12/h2-3,6H,1,4-5,7,14H2,(H,15,16). The lowest BCUT2D eigenvalue weighted by Gasteiger charge is -2.38. The minimum absolute atomic E-state index is 0.0888. The highest BCUT2D eigenvalue weighted by Crippen LogP contribution is 2.41. The third-order valence-electron chi connectivity index (χ3n) is 3.65. The van der Waals surface area contributed by atoms with Gasteiger partial charge in [-0.2, -0.15) is 0 Å². The lowest BCUT2D eigenvalue weighted by atomic mass is 9.68. The van der Waals surface area contributed by atoms with Crippen LogP contribution in [0.25, 0.3) is 11.0 Å². The van der Waals surface area contributed by atoms with Crippen LogP contribution in [0.5, 0.6) is 0 Å². The molecule has 1 aliphatic rings. The lowest BCUT2D eigenvalue weighted by Crippen LogP contribution is -2.42. The lowest BCUT2D eigenvalue weighted by molar-refractivity contribution is 0.240. The van der Waals surface area contributed by atoms with Gasteiger partial charge in [0.1, 0.15) is 5.82 Å². The second-order valence-corrected chi connectivity index (χ2v) is 5.02. The molecule has 2 aromatic rings. The van der Waals surface area contributed by atoms with Gasteiger partial charge < -0.3 is 10.7 Å². The van der Waals surface area contributed by atoms with E-state index in [9.17, 15) is 0 Å². The van der Waals surface area contributed by atoms with Crippen LogP contribution in [0, 0.1) is 0 Å². The fourth-order valence-electron chi connectivity index (χ4n) is 2.37. The number of H-pyrrole nitrogens is 1. The number of hydrogen-bond acceptors (Lipinski definition) is 2. The molecule has 0 aliphatic heterocycles. The highest BCUT2D eigenvalue weighted by Gasteiger charge is 2.40. The second kappa shape index (κ2) is 3.47. The summed E-state index contributed by atoms with van der Waals surface area (Å²) in [7, 11) is 0. The minimum Gasteiger partial charge on any atom is -0.341 e. The Balaban J connectivity index is 2.11. The number of fused-ring (bicyclic) bond motifs is 1. The van der Waals surface area contributed by atoms with Crippen LogP contribution >= 0.6 is 11.6 Å². The maximum atomic E-state index is 5.95. The summed E-state index contributed by atoms with van der Waals surface area (Å²) in [5.74, 6) is 1.03. The largest absolute Gasteiger partial charge is 0.341 e. The summed E-state index contributed by atoms with van der Waals surface area (Å²) in [6.07, 6.45) is 3.52. The van der Waals surface area contributed by atoms with Crippen molar-refractivity contribution in [3.63, 3.8) is 0 Å². The number of nitrogens with one attached hydrogen (secondary N) is 1. The van der Waals surface area contributed by atoms with Crippen molar-refractivity contribution < 1.29 is 0 Å². The summed E-state index contributed by atoms with van der Waals surface area (Å²) in [5.41, 5.74) is 7.93. The Kier molecular flexibility index (Phi) is 2.19. The number of imidazole rings is 1. The first-order chi connectivity index (χ1) is 7.73. The molecule has 0 saturated heterocycles. The van der Waals surface area contributed by atoms with Gasteiger partial charge in [-0.1, -0.05) is 18.0 Å². The number of nitrogens with zero attached hydrogens (tertiary/aromatic N) is 1. The molecule has 0 radical (unpaired) electrons. The van der Waals surface area contributed by atoms with Gasteiger partial charge in [-0.05, 0) is 31.0 Å². The van der Waals surface area contributed by atoms with Crippen molar-refractivity contribution in [1.82, 2.24) is 9.97 Å². The number of aromatic nitrogens is 2. The Morgan fingerprint density at radius 1 is 1.44 bits per heavy atom. The van der Waals surface area contributed by atoms with E-state index in [0.717, 1.165) is 34.7 Å². The van der Waals surface area contributed by atoms with Crippen LogP contribution in [0.15, 0.2) is 18.2 Å². The zero-order valence-electron chi connectivity index (χ0n) is 8.96. The first-order valence-electron chi connectivity index (χ1n) is 5.59. The molecule has 3 N–H and O–H groups in total. The quantitative estimate of drug-likeness (QED) is 0.841. The second-order valence-electron chi connectivity index (χ2n) is 4.58.